The molecule has 2 rings (SSSR count). The first kappa shape index (κ1) is 8.31. The van der Waals surface area contributed by atoms with Crippen molar-refractivity contribution in [2.24, 2.45) is 5.73 Å². The van der Waals surface area contributed by atoms with Crippen molar-refractivity contribution in [1.82, 2.24) is 4.98 Å². The number of pyridine rings is 1. The molecular formula is C8H8ClN3O. The van der Waals surface area contributed by atoms with Gasteiger partial charge in [0.05, 0.1) is 11.9 Å². The number of aromatic nitrogens is 1. The minimum absolute atomic E-state index is 0.324. The number of carbonyl (C=O) groups excluding carboxylic acids is 1. The Balaban J connectivity index is 2.30. The van der Waals surface area contributed by atoms with Crippen LogP contribution in [0.5, 0.6) is 0 Å². The van der Waals surface area contributed by atoms with E-state index in [4.69, 9.17) is 17.3 Å². The lowest BCUT2D eigenvalue weighted by Gasteiger charge is -2.04. The number of hydrogen-bond acceptors (Lipinski definition) is 3. The molecule has 4 nitrogen and oxygen atoms in total. The number of nitrogens with two attached hydrogens (primary N) is 1. The van der Waals surface area contributed by atoms with Crippen LogP contribution in [-0.4, -0.2) is 16.9 Å². The van der Waals surface area contributed by atoms with Crippen molar-refractivity contribution >= 4 is 23.2 Å². The Kier molecular flexibility index (Phi) is 1.84. The summed E-state index contributed by atoms with van der Waals surface area (Å²) in [7, 11) is 0. The first-order chi connectivity index (χ1) is 6.16. The Labute approximate surface area is 80.1 Å². The minimum Gasteiger partial charge on any atom is -0.372 e. The number of nitrogens with zero attached hydrogens (tertiary/aromatic N) is 1. The number of nitrogens with one attached hydrogen (secondary N) is 1. The molecule has 0 saturated heterocycles. The normalized spacial score (nSPS) is 19.3. The summed E-state index contributed by atoms with van der Waals surface area (Å²) in [5.74, 6) is -0.354. The van der Waals surface area contributed by atoms with Crippen molar-refractivity contribution in [1.29, 1.82) is 0 Å². The highest BCUT2D eigenvalue weighted by atomic mass is 35.5. The highest BCUT2D eigenvalue weighted by Gasteiger charge is 2.24. The molecule has 0 saturated carbocycles. The van der Waals surface area contributed by atoms with E-state index in [9.17, 15) is 4.79 Å². The van der Waals surface area contributed by atoms with Crippen LogP contribution in [0.15, 0.2) is 12.3 Å². The molecule has 1 amide bonds. The van der Waals surface area contributed by atoms with Gasteiger partial charge in [-0.15, -0.1) is 0 Å². The zero-order valence-corrected chi connectivity index (χ0v) is 7.51. The average molecular weight is 198 g/mol. The first-order valence-electron chi connectivity index (χ1n) is 3.87. The van der Waals surface area contributed by atoms with Gasteiger partial charge in [0.25, 0.3) is 0 Å². The number of fused-ring (bicyclic) bond motifs is 1. The second-order valence-corrected chi connectivity index (χ2v) is 3.35. The molecule has 0 radical (unpaired) electrons. The summed E-state index contributed by atoms with van der Waals surface area (Å²) in [4.78, 5) is 14.8. The molecule has 13 heavy (non-hydrogen) atoms. The van der Waals surface area contributed by atoms with E-state index in [-0.39, 0.29) is 11.9 Å². The van der Waals surface area contributed by atoms with Gasteiger partial charge in [0.15, 0.2) is 0 Å². The summed E-state index contributed by atoms with van der Waals surface area (Å²) >= 11 is 5.70. The number of anilines is 1. The fourth-order valence-electron chi connectivity index (χ4n) is 1.40. The predicted molar refractivity (Wildman–Crippen MR) is 49.6 cm³/mol. The Morgan fingerprint density at radius 2 is 2.54 bits per heavy atom. The topological polar surface area (TPSA) is 68.0 Å². The van der Waals surface area contributed by atoms with E-state index in [1.54, 1.807) is 12.3 Å². The highest BCUT2D eigenvalue weighted by molar-refractivity contribution is 6.29. The molecule has 1 aliphatic heterocycles. The van der Waals surface area contributed by atoms with E-state index in [1.165, 1.54) is 0 Å². The van der Waals surface area contributed by atoms with Crippen LogP contribution in [0.1, 0.15) is 5.56 Å². The molecule has 1 aromatic heterocycles. The molecule has 2 heterocycles. The molecule has 1 unspecified atom stereocenters. The van der Waals surface area contributed by atoms with Crippen LogP contribution in [0, 0.1) is 0 Å². The number of halogens is 1. The molecule has 1 aromatic rings. The molecular weight excluding hydrogens is 190 g/mol. The summed E-state index contributed by atoms with van der Waals surface area (Å²) in [6.07, 6.45) is 2.20. The van der Waals surface area contributed by atoms with Gasteiger partial charge < -0.3 is 11.1 Å². The van der Waals surface area contributed by atoms with Crippen LogP contribution in [0.4, 0.5) is 5.69 Å². The van der Waals surface area contributed by atoms with Gasteiger partial charge in [-0.3, -0.25) is 4.79 Å². The molecule has 3 N–H and O–H groups in total. The molecule has 1 atom stereocenters. The van der Waals surface area contributed by atoms with E-state index >= 15 is 0 Å². The zero-order chi connectivity index (χ0) is 9.42. The maximum absolute atomic E-state index is 10.9. The van der Waals surface area contributed by atoms with E-state index in [0.717, 1.165) is 11.3 Å². The maximum Gasteiger partial charge on any atom is 0.240 e. The van der Waals surface area contributed by atoms with Crippen molar-refractivity contribution in [3.8, 4) is 0 Å². The Morgan fingerprint density at radius 3 is 3.23 bits per heavy atom. The predicted octanol–water partition coefficient (Wildman–Crippen LogP) is 0.557. The molecule has 0 aliphatic carbocycles. The van der Waals surface area contributed by atoms with Crippen molar-refractivity contribution in [2.45, 2.75) is 12.5 Å². The van der Waals surface area contributed by atoms with Crippen LogP contribution >= 0.6 is 11.6 Å². The third-order valence-electron chi connectivity index (χ3n) is 2.05. The summed E-state index contributed by atoms with van der Waals surface area (Å²) in [5.41, 5.74) is 6.99. The third kappa shape index (κ3) is 1.45. The lowest BCUT2D eigenvalue weighted by Crippen LogP contribution is -2.33. The first-order valence-corrected chi connectivity index (χ1v) is 4.25. The molecule has 1 aliphatic rings. The van der Waals surface area contributed by atoms with E-state index in [2.05, 4.69) is 10.3 Å². The average Bonchev–Trinajstić information content (AvgIpc) is 2.46. The summed E-state index contributed by atoms with van der Waals surface area (Å²) < 4.78 is 0. The second-order valence-electron chi connectivity index (χ2n) is 2.97. The van der Waals surface area contributed by atoms with Gasteiger partial charge in [-0.2, -0.15) is 0 Å². The SMILES string of the molecule is NC(=O)C1Cc2cc(Cl)ncc2N1. The molecule has 0 aromatic carbocycles. The Morgan fingerprint density at radius 1 is 1.77 bits per heavy atom. The van der Waals surface area contributed by atoms with Crippen molar-refractivity contribution in [2.75, 3.05) is 5.32 Å². The van der Waals surface area contributed by atoms with Crippen molar-refractivity contribution in [3.05, 3.63) is 23.0 Å². The fraction of sp³-hybridized carbons (Fsp3) is 0.250. The van der Waals surface area contributed by atoms with E-state index in [1.807, 2.05) is 0 Å². The highest BCUT2D eigenvalue weighted by Crippen LogP contribution is 2.26. The summed E-state index contributed by atoms with van der Waals surface area (Å²) in [5, 5.41) is 3.40. The standard InChI is InChI=1S/C8H8ClN3O/c9-7-2-4-1-5(8(10)13)12-6(4)3-11-7/h2-3,5,12H,1H2,(H2,10,13). The maximum atomic E-state index is 10.9. The summed E-state index contributed by atoms with van der Waals surface area (Å²) in [6, 6.07) is 1.42. The lowest BCUT2D eigenvalue weighted by molar-refractivity contribution is -0.118. The minimum atomic E-state index is -0.354. The van der Waals surface area contributed by atoms with Gasteiger partial charge in [0, 0.05) is 6.42 Å². The number of rotatable bonds is 1. The monoisotopic (exact) mass is 197 g/mol. The van der Waals surface area contributed by atoms with Gasteiger partial charge in [-0.05, 0) is 11.6 Å². The van der Waals surface area contributed by atoms with Crippen LogP contribution in [0.3, 0.4) is 0 Å². The van der Waals surface area contributed by atoms with Crippen molar-refractivity contribution in [3.63, 3.8) is 0 Å². The van der Waals surface area contributed by atoms with Gasteiger partial charge >= 0.3 is 0 Å². The largest absolute Gasteiger partial charge is 0.372 e. The summed E-state index contributed by atoms with van der Waals surface area (Å²) in [6.45, 7) is 0. The van der Waals surface area contributed by atoms with Gasteiger partial charge in [-0.1, -0.05) is 11.6 Å². The molecule has 5 heteroatoms. The van der Waals surface area contributed by atoms with Crippen LogP contribution in [0.2, 0.25) is 5.15 Å². The van der Waals surface area contributed by atoms with Crippen LogP contribution in [-0.2, 0) is 11.2 Å². The third-order valence-corrected chi connectivity index (χ3v) is 2.26. The Bertz CT molecular complexity index is 366. The number of amides is 1. The number of hydrogen-bond donors (Lipinski definition) is 2. The van der Waals surface area contributed by atoms with E-state index in [0.29, 0.717) is 11.6 Å². The second kappa shape index (κ2) is 2.88. The zero-order valence-electron chi connectivity index (χ0n) is 6.75. The molecule has 0 spiro atoms. The number of carbonyl (C=O) groups is 1. The van der Waals surface area contributed by atoms with Crippen molar-refractivity contribution < 1.29 is 4.79 Å². The molecule has 0 bridgehead atoms. The fourth-order valence-corrected chi connectivity index (χ4v) is 1.58. The Hall–Kier alpha value is -1.29. The van der Waals surface area contributed by atoms with Gasteiger partial charge in [0.1, 0.15) is 11.2 Å². The quantitative estimate of drug-likeness (QED) is 0.647. The van der Waals surface area contributed by atoms with Crippen LogP contribution < -0.4 is 11.1 Å². The van der Waals surface area contributed by atoms with Gasteiger partial charge in [0.2, 0.25) is 5.91 Å². The van der Waals surface area contributed by atoms with Crippen LogP contribution in [0.25, 0.3) is 0 Å². The van der Waals surface area contributed by atoms with Gasteiger partial charge in [-0.25, -0.2) is 4.98 Å². The molecule has 68 valence electrons. The number of primary amides is 1. The van der Waals surface area contributed by atoms with E-state index < -0.39 is 0 Å². The lowest BCUT2D eigenvalue weighted by atomic mass is 10.1. The smallest absolute Gasteiger partial charge is 0.240 e. The molecule has 0 fully saturated rings.